The van der Waals surface area contributed by atoms with Gasteiger partial charge in [-0.25, -0.2) is 14.5 Å². The summed E-state index contributed by atoms with van der Waals surface area (Å²) in [5.74, 6) is 0.396. The lowest BCUT2D eigenvalue weighted by Gasteiger charge is -2.09. The summed E-state index contributed by atoms with van der Waals surface area (Å²) < 4.78 is 1.69. The monoisotopic (exact) mass is 425 g/mol. The van der Waals surface area contributed by atoms with E-state index in [1.165, 1.54) is 23.1 Å². The Morgan fingerprint density at radius 3 is 2.72 bits per heavy atom. The second-order valence-corrected chi connectivity index (χ2v) is 8.22. The summed E-state index contributed by atoms with van der Waals surface area (Å²) in [6, 6.07) is 5.73. The van der Waals surface area contributed by atoms with Crippen LogP contribution in [0.15, 0.2) is 29.6 Å². The van der Waals surface area contributed by atoms with Gasteiger partial charge in [0.05, 0.1) is 22.7 Å². The van der Waals surface area contributed by atoms with Crippen LogP contribution in [0.3, 0.4) is 0 Å². The highest BCUT2D eigenvalue weighted by molar-refractivity contribution is 7.98. The third kappa shape index (κ3) is 3.85. The maximum Gasteiger partial charge on any atom is 0.253 e. The number of aromatic nitrogens is 6. The van der Waals surface area contributed by atoms with Gasteiger partial charge in [0.1, 0.15) is 0 Å². The molecule has 148 valence electrons. The Morgan fingerprint density at radius 2 is 2.00 bits per heavy atom. The van der Waals surface area contributed by atoms with Crippen LogP contribution >= 0.6 is 23.1 Å². The molecule has 1 amide bonds. The molecule has 0 atom stereocenters. The lowest BCUT2D eigenvalue weighted by atomic mass is 10.1. The molecule has 0 fully saturated rings. The van der Waals surface area contributed by atoms with Crippen LogP contribution in [0.1, 0.15) is 22.6 Å². The van der Waals surface area contributed by atoms with Crippen LogP contribution in [0.25, 0.3) is 16.3 Å². The topological polar surface area (TPSA) is 98.0 Å². The molecule has 0 radical (unpaired) electrons. The van der Waals surface area contributed by atoms with Crippen molar-refractivity contribution in [1.29, 1.82) is 0 Å². The van der Waals surface area contributed by atoms with Gasteiger partial charge in [-0.2, -0.15) is 4.98 Å². The molecule has 4 aromatic heterocycles. The molecule has 1 N–H and O–H groups in total. The minimum Gasteiger partial charge on any atom is -0.302 e. The molecule has 0 saturated heterocycles. The number of aryl methyl sites for hydroxylation is 3. The molecule has 4 rings (SSSR count). The lowest BCUT2D eigenvalue weighted by Crippen LogP contribution is -2.17. The van der Waals surface area contributed by atoms with Crippen molar-refractivity contribution in [1.82, 2.24) is 29.5 Å². The van der Waals surface area contributed by atoms with Crippen molar-refractivity contribution in [3.8, 4) is 10.6 Å². The molecule has 10 heteroatoms. The highest BCUT2D eigenvalue weighted by Gasteiger charge is 2.18. The molecule has 4 aromatic rings. The number of nitrogens with one attached hydrogen (secondary N) is 1. The summed E-state index contributed by atoms with van der Waals surface area (Å²) in [4.78, 5) is 31.4. The quantitative estimate of drug-likeness (QED) is 0.489. The van der Waals surface area contributed by atoms with Crippen molar-refractivity contribution in [3.05, 3.63) is 47.0 Å². The molecule has 4 heterocycles. The molecule has 0 saturated carbocycles. The van der Waals surface area contributed by atoms with E-state index in [4.69, 9.17) is 0 Å². The number of nitrogens with zero attached hydrogens (tertiary/aromatic N) is 6. The first-order valence-corrected chi connectivity index (χ1v) is 11.0. The molecule has 0 aromatic carbocycles. The van der Waals surface area contributed by atoms with Crippen LogP contribution in [-0.4, -0.2) is 41.7 Å². The summed E-state index contributed by atoms with van der Waals surface area (Å²) in [5.41, 5.74) is 4.16. The molecule has 0 unspecified atom stereocenters. The minimum atomic E-state index is -0.149. The SMILES string of the molecule is CSc1nc2nc(C)c(CC(=O)Nc3nc(C)c(-c4ccccn4)s3)c(C)n2n1. The van der Waals surface area contributed by atoms with E-state index in [0.29, 0.717) is 16.1 Å². The Hall–Kier alpha value is -2.85. The average Bonchev–Trinajstić information content (AvgIpc) is 3.29. The minimum absolute atomic E-state index is 0.149. The van der Waals surface area contributed by atoms with Gasteiger partial charge in [-0.3, -0.25) is 9.78 Å². The van der Waals surface area contributed by atoms with E-state index in [-0.39, 0.29) is 12.3 Å². The predicted octanol–water partition coefficient (Wildman–Crippen LogP) is 3.47. The Balaban J connectivity index is 1.56. The van der Waals surface area contributed by atoms with Gasteiger partial charge < -0.3 is 5.32 Å². The van der Waals surface area contributed by atoms with Crippen molar-refractivity contribution >= 4 is 39.9 Å². The number of hydrogen-bond donors (Lipinski definition) is 1. The van der Waals surface area contributed by atoms with Crippen molar-refractivity contribution in [3.63, 3.8) is 0 Å². The van der Waals surface area contributed by atoms with E-state index in [0.717, 1.165) is 33.2 Å². The molecule has 0 spiro atoms. The number of thioether (sulfide) groups is 1. The first-order valence-electron chi connectivity index (χ1n) is 8.91. The second-order valence-electron chi connectivity index (χ2n) is 6.44. The number of carbonyl (C=O) groups excluding carboxylic acids is 1. The Morgan fingerprint density at radius 1 is 1.17 bits per heavy atom. The molecular weight excluding hydrogens is 406 g/mol. The third-order valence-corrected chi connectivity index (χ3v) is 6.12. The van der Waals surface area contributed by atoms with Crippen LogP contribution < -0.4 is 5.32 Å². The van der Waals surface area contributed by atoms with Crippen molar-refractivity contribution < 1.29 is 4.79 Å². The number of amides is 1. The zero-order chi connectivity index (χ0) is 20.5. The Bertz CT molecular complexity index is 1200. The maximum atomic E-state index is 12.7. The van der Waals surface area contributed by atoms with Gasteiger partial charge in [-0.05, 0) is 39.2 Å². The van der Waals surface area contributed by atoms with Gasteiger partial charge in [0, 0.05) is 23.1 Å². The molecule has 0 aliphatic carbocycles. The molecule has 29 heavy (non-hydrogen) atoms. The van der Waals surface area contributed by atoms with E-state index < -0.39 is 0 Å². The molecule has 0 aliphatic heterocycles. The van der Waals surface area contributed by atoms with Crippen molar-refractivity contribution in [2.75, 3.05) is 11.6 Å². The van der Waals surface area contributed by atoms with E-state index in [1.807, 2.05) is 45.2 Å². The first-order chi connectivity index (χ1) is 14.0. The van der Waals surface area contributed by atoms with Crippen LogP contribution in [0.2, 0.25) is 0 Å². The number of anilines is 1. The fourth-order valence-corrected chi connectivity index (χ4v) is 4.34. The summed E-state index contributed by atoms with van der Waals surface area (Å²) in [6.07, 6.45) is 3.85. The van der Waals surface area contributed by atoms with Crippen LogP contribution in [0.4, 0.5) is 5.13 Å². The lowest BCUT2D eigenvalue weighted by molar-refractivity contribution is -0.115. The molecule has 0 bridgehead atoms. The van der Waals surface area contributed by atoms with Crippen LogP contribution in [0, 0.1) is 20.8 Å². The van der Waals surface area contributed by atoms with Gasteiger partial charge in [-0.1, -0.05) is 29.2 Å². The fourth-order valence-electron chi connectivity index (χ4n) is 3.04. The zero-order valence-corrected chi connectivity index (χ0v) is 18.1. The predicted molar refractivity (Wildman–Crippen MR) is 114 cm³/mol. The summed E-state index contributed by atoms with van der Waals surface area (Å²) >= 11 is 2.88. The maximum absolute atomic E-state index is 12.7. The van der Waals surface area contributed by atoms with Gasteiger partial charge in [0.15, 0.2) is 5.13 Å². The standard InChI is InChI=1S/C19H19N7OS2/c1-10-13(12(3)26-17(21-10)24-19(25-26)28-4)9-15(27)23-18-22-11(2)16(29-18)14-7-5-6-8-20-14/h5-8H,9H2,1-4H3,(H,22,23,27). The molecule has 8 nitrogen and oxygen atoms in total. The number of carbonyl (C=O) groups is 1. The summed E-state index contributed by atoms with van der Waals surface area (Å²) in [6.45, 7) is 5.72. The third-order valence-electron chi connectivity index (χ3n) is 4.49. The van der Waals surface area contributed by atoms with Crippen LogP contribution in [0.5, 0.6) is 0 Å². The number of pyridine rings is 1. The molecular formula is C19H19N7OS2. The van der Waals surface area contributed by atoms with E-state index in [1.54, 1.807) is 10.7 Å². The summed E-state index contributed by atoms with van der Waals surface area (Å²) in [7, 11) is 0. The number of fused-ring (bicyclic) bond motifs is 1. The van der Waals surface area contributed by atoms with Gasteiger partial charge >= 0.3 is 0 Å². The van der Waals surface area contributed by atoms with Crippen molar-refractivity contribution in [2.24, 2.45) is 0 Å². The van der Waals surface area contributed by atoms with Gasteiger partial charge in [-0.15, -0.1) is 5.10 Å². The van der Waals surface area contributed by atoms with Crippen molar-refractivity contribution in [2.45, 2.75) is 32.3 Å². The normalized spacial score (nSPS) is 11.2. The van der Waals surface area contributed by atoms with Gasteiger partial charge in [0.25, 0.3) is 5.78 Å². The number of thiazole rings is 1. The highest BCUT2D eigenvalue weighted by Crippen LogP contribution is 2.31. The fraction of sp³-hybridized carbons (Fsp3) is 0.263. The zero-order valence-electron chi connectivity index (χ0n) is 16.4. The summed E-state index contributed by atoms with van der Waals surface area (Å²) in [5, 5.41) is 8.55. The average molecular weight is 426 g/mol. The van der Waals surface area contributed by atoms with E-state index in [9.17, 15) is 4.79 Å². The Kier molecular flexibility index (Phi) is 5.29. The van der Waals surface area contributed by atoms with Crippen LogP contribution in [-0.2, 0) is 11.2 Å². The van der Waals surface area contributed by atoms with Gasteiger partial charge in [0.2, 0.25) is 11.1 Å². The number of hydrogen-bond acceptors (Lipinski definition) is 8. The first kappa shape index (κ1) is 19.5. The van der Waals surface area contributed by atoms with E-state index in [2.05, 4.69) is 30.4 Å². The molecule has 0 aliphatic rings. The smallest absolute Gasteiger partial charge is 0.253 e. The largest absolute Gasteiger partial charge is 0.302 e. The number of rotatable bonds is 5. The highest BCUT2D eigenvalue weighted by atomic mass is 32.2. The Labute approximate surface area is 175 Å². The van der Waals surface area contributed by atoms with E-state index >= 15 is 0 Å². The second kappa shape index (κ2) is 7.88.